The predicted octanol–water partition coefficient (Wildman–Crippen LogP) is 2.21. The molecule has 0 aliphatic heterocycles. The van der Waals surface area contributed by atoms with Gasteiger partial charge in [-0.05, 0) is 36.7 Å². The summed E-state index contributed by atoms with van der Waals surface area (Å²) in [6.45, 7) is 1.50. The van der Waals surface area contributed by atoms with E-state index in [0.717, 1.165) is 24.2 Å². The Balaban J connectivity index is 1.39. The summed E-state index contributed by atoms with van der Waals surface area (Å²) >= 11 is 0. The normalized spacial score (nSPS) is 10.9. The number of nitrogens with one attached hydrogen (secondary N) is 3. The van der Waals surface area contributed by atoms with Crippen LogP contribution in [0.1, 0.15) is 11.3 Å². The third-order valence-electron chi connectivity index (χ3n) is 3.57. The molecular formula is C17H19N3O2. The summed E-state index contributed by atoms with van der Waals surface area (Å²) in [6, 6.07) is 11.9. The minimum absolute atomic E-state index is 0.0321. The summed E-state index contributed by atoms with van der Waals surface area (Å²) in [6.07, 6.45) is 4.51. The van der Waals surface area contributed by atoms with Gasteiger partial charge in [-0.2, -0.15) is 0 Å². The Bertz CT molecular complexity index is 731. The zero-order valence-corrected chi connectivity index (χ0v) is 12.3. The monoisotopic (exact) mass is 297 g/mol. The van der Waals surface area contributed by atoms with Gasteiger partial charge in [-0.15, -0.1) is 0 Å². The van der Waals surface area contributed by atoms with Crippen LogP contribution in [0, 0.1) is 0 Å². The van der Waals surface area contributed by atoms with Crippen molar-refractivity contribution in [1.82, 2.24) is 15.6 Å². The Morgan fingerprint density at radius 3 is 2.95 bits per heavy atom. The quantitative estimate of drug-likeness (QED) is 0.586. The number of aromatic nitrogens is 1. The highest BCUT2D eigenvalue weighted by atomic mass is 16.3. The Morgan fingerprint density at radius 1 is 1.18 bits per heavy atom. The largest absolute Gasteiger partial charge is 0.467 e. The summed E-state index contributed by atoms with van der Waals surface area (Å²) in [7, 11) is 0. The lowest BCUT2D eigenvalue weighted by molar-refractivity contribution is -0.120. The first kappa shape index (κ1) is 14.4. The van der Waals surface area contributed by atoms with Crippen molar-refractivity contribution in [3.63, 3.8) is 0 Å². The third-order valence-corrected chi connectivity index (χ3v) is 3.57. The fraction of sp³-hybridized carbons (Fsp3) is 0.235. The molecule has 0 aliphatic rings. The SMILES string of the molecule is O=C(CNCCc1c[nH]c2ccccc12)NCc1ccco1. The van der Waals surface area contributed by atoms with Crippen molar-refractivity contribution in [2.24, 2.45) is 0 Å². The highest BCUT2D eigenvalue weighted by Crippen LogP contribution is 2.17. The second-order valence-corrected chi connectivity index (χ2v) is 5.14. The van der Waals surface area contributed by atoms with Crippen LogP contribution in [-0.2, 0) is 17.8 Å². The van der Waals surface area contributed by atoms with Crippen LogP contribution in [0.3, 0.4) is 0 Å². The number of rotatable bonds is 7. The fourth-order valence-corrected chi connectivity index (χ4v) is 2.42. The second kappa shape index (κ2) is 6.95. The van der Waals surface area contributed by atoms with Crippen LogP contribution in [0.15, 0.2) is 53.3 Å². The molecule has 3 N–H and O–H groups in total. The molecule has 114 valence electrons. The van der Waals surface area contributed by atoms with Gasteiger partial charge in [0.15, 0.2) is 0 Å². The summed E-state index contributed by atoms with van der Waals surface area (Å²) in [5.74, 6) is 0.725. The first-order valence-corrected chi connectivity index (χ1v) is 7.38. The number of furan rings is 1. The van der Waals surface area contributed by atoms with E-state index in [1.165, 1.54) is 10.9 Å². The Morgan fingerprint density at radius 2 is 2.09 bits per heavy atom. The second-order valence-electron chi connectivity index (χ2n) is 5.14. The van der Waals surface area contributed by atoms with E-state index in [0.29, 0.717) is 13.1 Å². The number of carbonyl (C=O) groups is 1. The molecule has 0 aliphatic carbocycles. The zero-order valence-electron chi connectivity index (χ0n) is 12.3. The van der Waals surface area contributed by atoms with Crippen molar-refractivity contribution < 1.29 is 9.21 Å². The van der Waals surface area contributed by atoms with E-state index >= 15 is 0 Å². The lowest BCUT2D eigenvalue weighted by Crippen LogP contribution is -2.34. The highest BCUT2D eigenvalue weighted by Gasteiger charge is 2.04. The molecule has 3 rings (SSSR count). The van der Waals surface area contributed by atoms with Crippen molar-refractivity contribution in [3.8, 4) is 0 Å². The fourth-order valence-electron chi connectivity index (χ4n) is 2.42. The van der Waals surface area contributed by atoms with E-state index in [9.17, 15) is 4.79 Å². The predicted molar refractivity (Wildman–Crippen MR) is 85.4 cm³/mol. The van der Waals surface area contributed by atoms with Crippen LogP contribution < -0.4 is 10.6 Å². The van der Waals surface area contributed by atoms with E-state index in [4.69, 9.17) is 4.42 Å². The minimum atomic E-state index is -0.0321. The molecule has 0 fully saturated rings. The average molecular weight is 297 g/mol. The number of hydrogen-bond acceptors (Lipinski definition) is 3. The van der Waals surface area contributed by atoms with E-state index < -0.39 is 0 Å². The van der Waals surface area contributed by atoms with Crippen molar-refractivity contribution >= 4 is 16.8 Å². The first-order chi connectivity index (χ1) is 10.8. The van der Waals surface area contributed by atoms with E-state index in [1.807, 2.05) is 24.4 Å². The lowest BCUT2D eigenvalue weighted by Gasteiger charge is -2.05. The minimum Gasteiger partial charge on any atom is -0.467 e. The van der Waals surface area contributed by atoms with Gasteiger partial charge < -0.3 is 20.0 Å². The van der Waals surface area contributed by atoms with E-state index in [2.05, 4.69) is 27.8 Å². The molecule has 22 heavy (non-hydrogen) atoms. The summed E-state index contributed by atoms with van der Waals surface area (Å²) in [5, 5.41) is 7.21. The Hall–Kier alpha value is -2.53. The molecule has 1 aromatic carbocycles. The van der Waals surface area contributed by atoms with Gasteiger partial charge >= 0.3 is 0 Å². The Labute approximate surface area is 128 Å². The molecule has 5 heteroatoms. The van der Waals surface area contributed by atoms with Crippen molar-refractivity contribution in [2.45, 2.75) is 13.0 Å². The van der Waals surface area contributed by atoms with Crippen LogP contribution in [-0.4, -0.2) is 24.0 Å². The number of para-hydroxylation sites is 1. The maximum atomic E-state index is 11.7. The average Bonchev–Trinajstić information content (AvgIpc) is 3.19. The van der Waals surface area contributed by atoms with E-state index in [1.54, 1.807) is 12.3 Å². The highest BCUT2D eigenvalue weighted by molar-refractivity contribution is 5.83. The van der Waals surface area contributed by atoms with Crippen LogP contribution in [0.25, 0.3) is 10.9 Å². The summed E-state index contributed by atoms with van der Waals surface area (Å²) < 4.78 is 5.16. The molecule has 1 amide bonds. The van der Waals surface area contributed by atoms with Gasteiger partial charge in [0.2, 0.25) is 5.91 Å². The molecule has 0 radical (unpaired) electrons. The zero-order chi connectivity index (χ0) is 15.2. The van der Waals surface area contributed by atoms with Gasteiger partial charge in [-0.1, -0.05) is 18.2 Å². The van der Waals surface area contributed by atoms with Gasteiger partial charge in [0, 0.05) is 17.1 Å². The number of fused-ring (bicyclic) bond motifs is 1. The maximum Gasteiger partial charge on any atom is 0.234 e. The molecule has 0 saturated heterocycles. The standard InChI is InChI=1S/C17H19N3O2/c21-17(20-11-14-4-3-9-22-14)12-18-8-7-13-10-19-16-6-2-1-5-15(13)16/h1-6,9-10,18-19H,7-8,11-12H2,(H,20,21). The maximum absolute atomic E-state index is 11.7. The molecule has 0 atom stereocenters. The molecular weight excluding hydrogens is 278 g/mol. The number of aromatic amines is 1. The molecule has 2 aromatic heterocycles. The lowest BCUT2D eigenvalue weighted by atomic mass is 10.1. The number of hydrogen-bond donors (Lipinski definition) is 3. The van der Waals surface area contributed by atoms with Gasteiger partial charge in [0.05, 0.1) is 19.4 Å². The van der Waals surface area contributed by atoms with Gasteiger partial charge in [0.25, 0.3) is 0 Å². The molecule has 2 heterocycles. The van der Waals surface area contributed by atoms with Crippen LogP contribution in [0.2, 0.25) is 0 Å². The van der Waals surface area contributed by atoms with Gasteiger partial charge in [-0.3, -0.25) is 4.79 Å². The molecule has 5 nitrogen and oxygen atoms in total. The van der Waals surface area contributed by atoms with Crippen LogP contribution in [0.4, 0.5) is 0 Å². The molecule has 0 bridgehead atoms. The molecule has 0 spiro atoms. The molecule has 0 saturated carbocycles. The topological polar surface area (TPSA) is 70.1 Å². The first-order valence-electron chi connectivity index (χ1n) is 7.38. The van der Waals surface area contributed by atoms with Crippen molar-refractivity contribution in [2.75, 3.05) is 13.1 Å². The number of carbonyl (C=O) groups excluding carboxylic acids is 1. The van der Waals surface area contributed by atoms with Gasteiger partial charge in [-0.25, -0.2) is 0 Å². The van der Waals surface area contributed by atoms with Crippen LogP contribution in [0.5, 0.6) is 0 Å². The Kier molecular flexibility index (Phi) is 4.56. The number of amides is 1. The molecule has 0 unspecified atom stereocenters. The number of benzene rings is 1. The van der Waals surface area contributed by atoms with Crippen molar-refractivity contribution in [3.05, 3.63) is 60.2 Å². The summed E-state index contributed by atoms with van der Waals surface area (Å²) in [5.41, 5.74) is 2.41. The third kappa shape index (κ3) is 3.56. The summed E-state index contributed by atoms with van der Waals surface area (Å²) in [4.78, 5) is 14.9. The van der Waals surface area contributed by atoms with E-state index in [-0.39, 0.29) is 5.91 Å². The molecule has 3 aromatic rings. The van der Waals surface area contributed by atoms with Crippen LogP contribution >= 0.6 is 0 Å². The van der Waals surface area contributed by atoms with Crippen molar-refractivity contribution in [1.29, 1.82) is 0 Å². The number of H-pyrrole nitrogens is 1. The smallest absolute Gasteiger partial charge is 0.234 e. The van der Waals surface area contributed by atoms with Gasteiger partial charge in [0.1, 0.15) is 5.76 Å².